The van der Waals surface area contributed by atoms with E-state index < -0.39 is 0 Å². The van der Waals surface area contributed by atoms with Gasteiger partial charge in [-0.05, 0) is 18.4 Å². The second-order valence-corrected chi connectivity index (χ2v) is 3.81. The molecule has 1 aromatic carbocycles. The predicted molar refractivity (Wildman–Crippen MR) is 58.1 cm³/mol. The zero-order valence-corrected chi connectivity index (χ0v) is 8.55. The van der Waals surface area contributed by atoms with Crippen molar-refractivity contribution in [1.29, 1.82) is 0 Å². The second kappa shape index (κ2) is 3.97. The van der Waals surface area contributed by atoms with Gasteiger partial charge in [0.1, 0.15) is 0 Å². The number of allylic oxidation sites excluding steroid dienone is 1. The molecular weight excluding hydrogens is 196 g/mol. The van der Waals surface area contributed by atoms with E-state index in [1.807, 2.05) is 30.3 Å². The highest BCUT2D eigenvalue weighted by Crippen LogP contribution is 2.31. The molecule has 1 aromatic rings. The highest BCUT2D eigenvalue weighted by Gasteiger charge is 2.20. The number of rotatable bonds is 1. The van der Waals surface area contributed by atoms with Crippen molar-refractivity contribution in [3.8, 4) is 0 Å². The largest absolute Gasteiger partial charge is 0.294 e. The maximum Gasteiger partial charge on any atom is 0.160 e. The molecular formula is C12H11ClO. The molecule has 1 fully saturated rings. The summed E-state index contributed by atoms with van der Waals surface area (Å²) in [6, 6.07) is 9.66. The standard InChI is InChI=1S/C12H11ClO/c13-12(9-5-2-1-3-6-9)10-7-4-8-11(10)14/h1-3,5-6H,4,7-8H2. The van der Waals surface area contributed by atoms with Crippen LogP contribution in [0, 0.1) is 0 Å². The Morgan fingerprint density at radius 1 is 1.14 bits per heavy atom. The molecule has 1 saturated carbocycles. The lowest BCUT2D eigenvalue weighted by molar-refractivity contribution is -0.114. The van der Waals surface area contributed by atoms with Crippen LogP contribution in [-0.2, 0) is 4.79 Å². The van der Waals surface area contributed by atoms with Crippen LogP contribution in [0.5, 0.6) is 0 Å². The Hall–Kier alpha value is -1.08. The van der Waals surface area contributed by atoms with Crippen LogP contribution in [0.25, 0.3) is 5.03 Å². The molecule has 0 spiro atoms. The van der Waals surface area contributed by atoms with Gasteiger partial charge in [0.25, 0.3) is 0 Å². The number of hydrogen-bond acceptors (Lipinski definition) is 1. The molecule has 0 unspecified atom stereocenters. The minimum absolute atomic E-state index is 0.207. The van der Waals surface area contributed by atoms with Gasteiger partial charge in [0.05, 0.1) is 5.03 Å². The fraction of sp³-hybridized carbons (Fsp3) is 0.250. The third-order valence-corrected chi connectivity index (χ3v) is 2.91. The summed E-state index contributed by atoms with van der Waals surface area (Å²) in [5.41, 5.74) is 1.75. The van der Waals surface area contributed by atoms with Crippen molar-refractivity contribution in [1.82, 2.24) is 0 Å². The van der Waals surface area contributed by atoms with E-state index in [0.29, 0.717) is 11.5 Å². The van der Waals surface area contributed by atoms with E-state index in [4.69, 9.17) is 11.6 Å². The van der Waals surface area contributed by atoms with E-state index in [1.54, 1.807) is 0 Å². The molecule has 0 radical (unpaired) electrons. The van der Waals surface area contributed by atoms with Crippen LogP contribution in [0.3, 0.4) is 0 Å². The minimum atomic E-state index is 0.207. The summed E-state index contributed by atoms with van der Waals surface area (Å²) in [6.45, 7) is 0. The van der Waals surface area contributed by atoms with Crippen LogP contribution in [0.1, 0.15) is 24.8 Å². The van der Waals surface area contributed by atoms with E-state index in [2.05, 4.69) is 0 Å². The lowest BCUT2D eigenvalue weighted by Gasteiger charge is -2.02. The highest BCUT2D eigenvalue weighted by atomic mass is 35.5. The third kappa shape index (κ3) is 1.73. The molecule has 0 amide bonds. The molecule has 0 aliphatic heterocycles. The van der Waals surface area contributed by atoms with Gasteiger partial charge in [-0.25, -0.2) is 0 Å². The molecule has 2 heteroatoms. The molecule has 0 aromatic heterocycles. The molecule has 0 bridgehead atoms. The summed E-state index contributed by atoms with van der Waals surface area (Å²) in [4.78, 5) is 11.4. The monoisotopic (exact) mass is 206 g/mol. The number of carbonyl (C=O) groups is 1. The van der Waals surface area contributed by atoms with Crippen molar-refractivity contribution in [3.63, 3.8) is 0 Å². The van der Waals surface area contributed by atoms with Crippen molar-refractivity contribution in [3.05, 3.63) is 41.5 Å². The molecule has 1 nitrogen and oxygen atoms in total. The molecule has 0 saturated heterocycles. The number of carbonyl (C=O) groups excluding carboxylic acids is 1. The molecule has 0 heterocycles. The molecule has 14 heavy (non-hydrogen) atoms. The zero-order valence-electron chi connectivity index (χ0n) is 7.79. The quantitative estimate of drug-likeness (QED) is 0.644. The Morgan fingerprint density at radius 3 is 2.43 bits per heavy atom. The van der Waals surface area contributed by atoms with Crippen LogP contribution in [-0.4, -0.2) is 5.78 Å². The van der Waals surface area contributed by atoms with Crippen molar-refractivity contribution in [2.45, 2.75) is 19.3 Å². The summed E-state index contributed by atoms with van der Waals surface area (Å²) >= 11 is 6.17. The summed E-state index contributed by atoms with van der Waals surface area (Å²) in [7, 11) is 0. The number of ketones is 1. The maximum absolute atomic E-state index is 11.4. The first-order valence-electron chi connectivity index (χ1n) is 4.76. The van der Waals surface area contributed by atoms with Gasteiger partial charge in [0, 0.05) is 12.0 Å². The van der Waals surface area contributed by atoms with E-state index in [-0.39, 0.29) is 5.78 Å². The van der Waals surface area contributed by atoms with Gasteiger partial charge in [-0.1, -0.05) is 41.9 Å². The van der Waals surface area contributed by atoms with Crippen molar-refractivity contribution >= 4 is 22.4 Å². The van der Waals surface area contributed by atoms with Crippen LogP contribution in [0.2, 0.25) is 0 Å². The number of Topliss-reactive ketones (excluding diaryl/α,β-unsaturated/α-hetero) is 1. The Bertz CT molecular complexity index is 379. The van der Waals surface area contributed by atoms with Crippen molar-refractivity contribution in [2.75, 3.05) is 0 Å². The first kappa shape index (κ1) is 9.47. The second-order valence-electron chi connectivity index (χ2n) is 3.44. The lowest BCUT2D eigenvalue weighted by atomic mass is 10.1. The number of benzene rings is 1. The summed E-state index contributed by atoms with van der Waals surface area (Å²) in [6.07, 6.45) is 2.42. The average molecular weight is 207 g/mol. The van der Waals surface area contributed by atoms with Crippen LogP contribution < -0.4 is 0 Å². The topological polar surface area (TPSA) is 17.1 Å². The van der Waals surface area contributed by atoms with Gasteiger partial charge in [-0.15, -0.1) is 0 Å². The zero-order chi connectivity index (χ0) is 9.97. The van der Waals surface area contributed by atoms with Gasteiger partial charge in [-0.2, -0.15) is 0 Å². The van der Waals surface area contributed by atoms with Gasteiger partial charge >= 0.3 is 0 Å². The molecule has 2 rings (SSSR count). The molecule has 0 atom stereocenters. The van der Waals surface area contributed by atoms with Crippen molar-refractivity contribution < 1.29 is 4.79 Å². The maximum atomic E-state index is 11.4. The smallest absolute Gasteiger partial charge is 0.160 e. The first-order valence-corrected chi connectivity index (χ1v) is 5.14. The van der Waals surface area contributed by atoms with E-state index >= 15 is 0 Å². The third-order valence-electron chi connectivity index (χ3n) is 2.46. The van der Waals surface area contributed by atoms with Crippen LogP contribution in [0.4, 0.5) is 0 Å². The van der Waals surface area contributed by atoms with Crippen LogP contribution in [0.15, 0.2) is 35.9 Å². The molecule has 1 aliphatic carbocycles. The average Bonchev–Trinajstić information content (AvgIpc) is 2.65. The van der Waals surface area contributed by atoms with E-state index in [9.17, 15) is 4.79 Å². The SMILES string of the molecule is O=C1CCCC1=C(Cl)c1ccccc1. The Kier molecular flexibility index (Phi) is 2.69. The Balaban J connectivity index is 2.40. The number of halogens is 1. The Morgan fingerprint density at radius 2 is 1.86 bits per heavy atom. The van der Waals surface area contributed by atoms with Gasteiger partial charge in [0.2, 0.25) is 0 Å². The fourth-order valence-electron chi connectivity index (χ4n) is 1.71. The predicted octanol–water partition coefficient (Wildman–Crippen LogP) is 3.39. The van der Waals surface area contributed by atoms with Gasteiger partial charge in [-0.3, -0.25) is 4.79 Å². The highest BCUT2D eigenvalue weighted by molar-refractivity contribution is 6.51. The molecule has 72 valence electrons. The first-order chi connectivity index (χ1) is 6.79. The van der Waals surface area contributed by atoms with Gasteiger partial charge in [0.15, 0.2) is 5.78 Å². The summed E-state index contributed by atoms with van der Waals surface area (Å²) in [5.74, 6) is 0.207. The summed E-state index contributed by atoms with van der Waals surface area (Å²) in [5, 5.41) is 0.633. The lowest BCUT2D eigenvalue weighted by Crippen LogP contribution is -1.93. The minimum Gasteiger partial charge on any atom is -0.294 e. The number of hydrogen-bond donors (Lipinski definition) is 0. The van der Waals surface area contributed by atoms with Crippen LogP contribution >= 0.6 is 11.6 Å². The van der Waals surface area contributed by atoms with Gasteiger partial charge < -0.3 is 0 Å². The fourth-order valence-corrected chi connectivity index (χ4v) is 2.03. The normalized spacial score (nSPS) is 19.9. The molecule has 0 N–H and O–H groups in total. The van der Waals surface area contributed by atoms with E-state index in [0.717, 1.165) is 24.0 Å². The summed E-state index contributed by atoms with van der Waals surface area (Å²) < 4.78 is 0. The molecule has 1 aliphatic rings. The van der Waals surface area contributed by atoms with Crippen molar-refractivity contribution in [2.24, 2.45) is 0 Å². The Labute approximate surface area is 88.4 Å². The van der Waals surface area contributed by atoms with E-state index in [1.165, 1.54) is 0 Å².